The van der Waals surface area contributed by atoms with Crippen LogP contribution in [-0.4, -0.2) is 23.9 Å². The van der Waals surface area contributed by atoms with Gasteiger partial charge in [0.25, 0.3) is 5.91 Å². The van der Waals surface area contributed by atoms with Gasteiger partial charge >= 0.3 is 0 Å². The van der Waals surface area contributed by atoms with Crippen molar-refractivity contribution in [2.24, 2.45) is 0 Å². The summed E-state index contributed by atoms with van der Waals surface area (Å²) in [5.41, 5.74) is 8.29. The normalized spacial score (nSPS) is 10.4. The van der Waals surface area contributed by atoms with Crippen molar-refractivity contribution in [2.75, 3.05) is 18.8 Å². The average molecular weight is 347 g/mol. The van der Waals surface area contributed by atoms with Crippen molar-refractivity contribution in [1.82, 2.24) is 4.90 Å². The summed E-state index contributed by atoms with van der Waals surface area (Å²) in [7, 11) is 0. The van der Waals surface area contributed by atoms with Crippen molar-refractivity contribution in [3.05, 3.63) is 64.1 Å². The van der Waals surface area contributed by atoms with E-state index < -0.39 is 0 Å². The van der Waals surface area contributed by atoms with E-state index in [0.29, 0.717) is 24.3 Å². The van der Waals surface area contributed by atoms with Gasteiger partial charge in [-0.1, -0.05) is 30.3 Å². The number of likely N-dealkylation sites (N-methyl/N-ethyl adjacent to an activating group) is 1. The predicted octanol–water partition coefficient (Wildman–Crippen LogP) is 3.74. The number of hydrogen-bond donors (Lipinski definition) is 1. The lowest BCUT2D eigenvalue weighted by atomic mass is 10.1. The third-order valence-electron chi connectivity index (χ3n) is 3.43. The molecule has 2 aromatic rings. The maximum absolute atomic E-state index is 12.5. The topological polar surface area (TPSA) is 46.3 Å². The zero-order valence-corrected chi connectivity index (χ0v) is 13.6. The van der Waals surface area contributed by atoms with Crippen LogP contribution in [-0.2, 0) is 6.42 Å². The molecule has 110 valence electrons. The number of hydrogen-bond acceptors (Lipinski definition) is 2. The average Bonchev–Trinajstić information content (AvgIpc) is 2.51. The Morgan fingerprint density at radius 1 is 1.19 bits per heavy atom. The Labute approximate surface area is 133 Å². The van der Waals surface area contributed by atoms with Gasteiger partial charge in [-0.15, -0.1) is 0 Å². The lowest BCUT2D eigenvalue weighted by Gasteiger charge is -2.21. The van der Waals surface area contributed by atoms with E-state index in [4.69, 9.17) is 5.73 Å². The van der Waals surface area contributed by atoms with Crippen LogP contribution in [0.5, 0.6) is 0 Å². The minimum absolute atomic E-state index is 0.0362. The highest BCUT2D eigenvalue weighted by Gasteiger charge is 2.14. The van der Waals surface area contributed by atoms with E-state index in [1.54, 1.807) is 18.2 Å². The van der Waals surface area contributed by atoms with Crippen LogP contribution in [0.2, 0.25) is 0 Å². The number of anilines is 1. The Balaban J connectivity index is 2.06. The molecule has 0 aliphatic heterocycles. The van der Waals surface area contributed by atoms with Crippen molar-refractivity contribution < 1.29 is 4.79 Å². The molecule has 3 nitrogen and oxygen atoms in total. The summed E-state index contributed by atoms with van der Waals surface area (Å²) in [5.74, 6) is 0.0362. The molecule has 0 saturated heterocycles. The molecule has 1 amide bonds. The van der Waals surface area contributed by atoms with Crippen molar-refractivity contribution in [3.8, 4) is 0 Å². The molecular weight excluding hydrogens is 328 g/mol. The largest absolute Gasteiger partial charge is 0.398 e. The van der Waals surface area contributed by atoms with Crippen LogP contribution in [0.25, 0.3) is 0 Å². The SMILES string of the molecule is CCN(CCc1ccccc1)C(=O)c1ccc(N)c(Br)c1. The number of rotatable bonds is 5. The molecule has 21 heavy (non-hydrogen) atoms. The lowest BCUT2D eigenvalue weighted by Crippen LogP contribution is -2.32. The van der Waals surface area contributed by atoms with E-state index in [0.717, 1.165) is 10.9 Å². The van der Waals surface area contributed by atoms with Gasteiger partial charge < -0.3 is 10.6 Å². The zero-order valence-electron chi connectivity index (χ0n) is 12.1. The van der Waals surface area contributed by atoms with Gasteiger partial charge in [-0.05, 0) is 53.0 Å². The van der Waals surface area contributed by atoms with E-state index >= 15 is 0 Å². The number of nitrogen functional groups attached to an aromatic ring is 1. The summed E-state index contributed by atoms with van der Waals surface area (Å²) in [4.78, 5) is 14.4. The van der Waals surface area contributed by atoms with Crippen LogP contribution < -0.4 is 5.73 Å². The van der Waals surface area contributed by atoms with Gasteiger partial charge in [-0.3, -0.25) is 4.79 Å². The van der Waals surface area contributed by atoms with Crippen molar-refractivity contribution >= 4 is 27.5 Å². The number of carbonyl (C=O) groups is 1. The van der Waals surface area contributed by atoms with Crippen LogP contribution >= 0.6 is 15.9 Å². The number of amides is 1. The van der Waals surface area contributed by atoms with E-state index in [-0.39, 0.29) is 5.91 Å². The van der Waals surface area contributed by atoms with Gasteiger partial charge in [0.2, 0.25) is 0 Å². The van der Waals surface area contributed by atoms with Gasteiger partial charge in [0.1, 0.15) is 0 Å². The molecule has 0 heterocycles. The van der Waals surface area contributed by atoms with Crippen molar-refractivity contribution in [2.45, 2.75) is 13.3 Å². The second kappa shape index (κ2) is 7.27. The summed E-state index contributed by atoms with van der Waals surface area (Å²) in [5, 5.41) is 0. The van der Waals surface area contributed by atoms with E-state index in [9.17, 15) is 4.79 Å². The molecule has 0 aliphatic rings. The highest BCUT2D eigenvalue weighted by atomic mass is 79.9. The monoisotopic (exact) mass is 346 g/mol. The molecule has 0 spiro atoms. The first-order chi connectivity index (χ1) is 10.1. The number of halogens is 1. The second-order valence-electron chi connectivity index (χ2n) is 4.86. The van der Waals surface area contributed by atoms with Gasteiger partial charge in [0, 0.05) is 28.8 Å². The molecule has 0 bridgehead atoms. The van der Waals surface area contributed by atoms with Crippen molar-refractivity contribution in [3.63, 3.8) is 0 Å². The number of nitrogens with two attached hydrogens (primary N) is 1. The lowest BCUT2D eigenvalue weighted by molar-refractivity contribution is 0.0766. The van der Waals surface area contributed by atoms with Crippen LogP contribution in [0.15, 0.2) is 53.0 Å². The van der Waals surface area contributed by atoms with Crippen LogP contribution in [0.1, 0.15) is 22.8 Å². The van der Waals surface area contributed by atoms with E-state index in [2.05, 4.69) is 28.1 Å². The van der Waals surface area contributed by atoms with Gasteiger partial charge in [0.05, 0.1) is 0 Å². The maximum Gasteiger partial charge on any atom is 0.253 e. The Hall–Kier alpha value is -1.81. The third-order valence-corrected chi connectivity index (χ3v) is 4.12. The quantitative estimate of drug-likeness (QED) is 0.838. The molecule has 0 fully saturated rings. The first-order valence-electron chi connectivity index (χ1n) is 7.00. The second-order valence-corrected chi connectivity index (χ2v) is 5.71. The molecular formula is C17H19BrN2O. The molecule has 0 saturated carbocycles. The molecule has 4 heteroatoms. The Morgan fingerprint density at radius 2 is 1.90 bits per heavy atom. The maximum atomic E-state index is 12.5. The Bertz CT molecular complexity index is 613. The van der Waals surface area contributed by atoms with Gasteiger partial charge in [-0.2, -0.15) is 0 Å². The fraction of sp³-hybridized carbons (Fsp3) is 0.235. The summed E-state index contributed by atoms with van der Waals surface area (Å²) in [6.45, 7) is 3.39. The van der Waals surface area contributed by atoms with Crippen LogP contribution in [0.4, 0.5) is 5.69 Å². The summed E-state index contributed by atoms with van der Waals surface area (Å²) < 4.78 is 0.757. The van der Waals surface area contributed by atoms with E-state index in [1.165, 1.54) is 5.56 Å². The summed E-state index contributed by atoms with van der Waals surface area (Å²) >= 11 is 3.37. The molecule has 0 aliphatic carbocycles. The minimum atomic E-state index is 0.0362. The summed E-state index contributed by atoms with van der Waals surface area (Å²) in [6.07, 6.45) is 0.858. The van der Waals surface area contributed by atoms with Gasteiger partial charge in [-0.25, -0.2) is 0 Å². The van der Waals surface area contributed by atoms with Crippen LogP contribution in [0.3, 0.4) is 0 Å². The Morgan fingerprint density at radius 3 is 2.52 bits per heavy atom. The number of benzene rings is 2. The predicted molar refractivity (Wildman–Crippen MR) is 90.3 cm³/mol. The molecule has 0 radical (unpaired) electrons. The molecule has 2 N–H and O–H groups in total. The minimum Gasteiger partial charge on any atom is -0.398 e. The molecule has 0 aromatic heterocycles. The highest BCUT2D eigenvalue weighted by molar-refractivity contribution is 9.10. The smallest absolute Gasteiger partial charge is 0.253 e. The highest BCUT2D eigenvalue weighted by Crippen LogP contribution is 2.21. The fourth-order valence-electron chi connectivity index (χ4n) is 2.15. The summed E-state index contributed by atoms with van der Waals surface area (Å²) in [6, 6.07) is 15.5. The first-order valence-corrected chi connectivity index (χ1v) is 7.79. The zero-order chi connectivity index (χ0) is 15.2. The molecule has 2 rings (SSSR count). The Kier molecular flexibility index (Phi) is 5.39. The van der Waals surface area contributed by atoms with Gasteiger partial charge in [0.15, 0.2) is 0 Å². The standard InChI is InChI=1S/C17H19BrN2O/c1-2-20(11-10-13-6-4-3-5-7-13)17(21)14-8-9-16(19)15(18)12-14/h3-9,12H,2,10-11,19H2,1H3. The first kappa shape index (κ1) is 15.6. The molecule has 0 atom stereocenters. The molecule has 2 aromatic carbocycles. The number of carbonyl (C=O) groups excluding carboxylic acids is 1. The van der Waals surface area contributed by atoms with Crippen LogP contribution in [0, 0.1) is 0 Å². The van der Waals surface area contributed by atoms with E-state index in [1.807, 2.05) is 30.0 Å². The van der Waals surface area contributed by atoms with Crippen molar-refractivity contribution in [1.29, 1.82) is 0 Å². The third kappa shape index (κ3) is 4.08. The molecule has 0 unspecified atom stereocenters. The number of nitrogens with zero attached hydrogens (tertiary/aromatic N) is 1. The fourth-order valence-corrected chi connectivity index (χ4v) is 2.53.